The zero-order chi connectivity index (χ0) is 13.3. The maximum absolute atomic E-state index is 12.4. The van der Waals surface area contributed by atoms with Gasteiger partial charge in [0.2, 0.25) is 0 Å². The Kier molecular flexibility index (Phi) is 4.29. The second-order valence-corrected chi connectivity index (χ2v) is 7.67. The standard InChI is InChI=1S/C10H11Br2N3O2S/c11-7-4-5(8(12)18-7)10(16)15-3-1-2-6(15)9(13)14-17/h4,6,17H,1-3H2,(H2,13,14). The van der Waals surface area contributed by atoms with Crippen LogP contribution in [-0.4, -0.2) is 34.4 Å². The van der Waals surface area contributed by atoms with E-state index in [0.717, 1.165) is 20.4 Å². The molecule has 1 fully saturated rings. The lowest BCUT2D eigenvalue weighted by Gasteiger charge is -2.23. The van der Waals surface area contributed by atoms with Crippen LogP contribution in [0.25, 0.3) is 0 Å². The van der Waals surface area contributed by atoms with Crippen LogP contribution in [0.3, 0.4) is 0 Å². The number of likely N-dealkylation sites (tertiary alicyclic amines) is 1. The predicted molar refractivity (Wildman–Crippen MR) is 77.2 cm³/mol. The summed E-state index contributed by atoms with van der Waals surface area (Å²) in [5.74, 6) is -0.0100. The molecule has 18 heavy (non-hydrogen) atoms. The summed E-state index contributed by atoms with van der Waals surface area (Å²) in [6, 6.07) is 1.46. The first-order valence-corrected chi connectivity index (χ1v) is 7.68. The Balaban J connectivity index is 2.26. The lowest BCUT2D eigenvalue weighted by molar-refractivity contribution is 0.0767. The summed E-state index contributed by atoms with van der Waals surface area (Å²) in [7, 11) is 0. The second-order valence-electron chi connectivity index (χ2n) is 3.92. The Bertz CT molecular complexity index is 503. The van der Waals surface area contributed by atoms with Gasteiger partial charge in [0.05, 0.1) is 19.2 Å². The minimum atomic E-state index is -0.312. The summed E-state index contributed by atoms with van der Waals surface area (Å²) in [6.07, 6.45) is 1.58. The highest BCUT2D eigenvalue weighted by Gasteiger charge is 2.33. The first-order chi connectivity index (χ1) is 8.54. The molecule has 0 saturated carbocycles. The fraction of sp³-hybridized carbons (Fsp3) is 0.400. The third kappa shape index (κ3) is 2.55. The summed E-state index contributed by atoms with van der Waals surface area (Å²) in [6.45, 7) is 0.625. The number of rotatable bonds is 2. The van der Waals surface area contributed by atoms with Crippen LogP contribution in [0, 0.1) is 0 Å². The molecule has 1 saturated heterocycles. The molecular formula is C10H11Br2N3O2S. The van der Waals surface area contributed by atoms with Gasteiger partial charge in [0.25, 0.3) is 5.91 Å². The fourth-order valence-electron chi connectivity index (χ4n) is 2.02. The van der Waals surface area contributed by atoms with Gasteiger partial charge in [-0.05, 0) is 50.8 Å². The minimum Gasteiger partial charge on any atom is -0.409 e. The van der Waals surface area contributed by atoms with Crippen molar-refractivity contribution in [1.82, 2.24) is 4.90 Å². The highest BCUT2D eigenvalue weighted by molar-refractivity contribution is 9.12. The van der Waals surface area contributed by atoms with Crippen LogP contribution in [0.5, 0.6) is 0 Å². The number of amides is 1. The van der Waals surface area contributed by atoms with Gasteiger partial charge >= 0.3 is 0 Å². The largest absolute Gasteiger partial charge is 0.409 e. The van der Waals surface area contributed by atoms with Crippen LogP contribution >= 0.6 is 43.2 Å². The van der Waals surface area contributed by atoms with Gasteiger partial charge in [-0.15, -0.1) is 11.3 Å². The van der Waals surface area contributed by atoms with Gasteiger partial charge in [-0.3, -0.25) is 4.79 Å². The van der Waals surface area contributed by atoms with Crippen molar-refractivity contribution in [2.75, 3.05) is 6.54 Å². The Labute approximate surface area is 125 Å². The van der Waals surface area contributed by atoms with E-state index in [1.165, 1.54) is 11.3 Å². The van der Waals surface area contributed by atoms with Gasteiger partial charge in [-0.25, -0.2) is 0 Å². The summed E-state index contributed by atoms with van der Waals surface area (Å²) >= 11 is 8.16. The van der Waals surface area contributed by atoms with E-state index in [2.05, 4.69) is 37.0 Å². The molecule has 5 nitrogen and oxygen atoms in total. The monoisotopic (exact) mass is 395 g/mol. The highest BCUT2D eigenvalue weighted by atomic mass is 79.9. The van der Waals surface area contributed by atoms with Crippen LogP contribution in [0.1, 0.15) is 23.2 Å². The molecular weight excluding hydrogens is 386 g/mol. The summed E-state index contributed by atoms with van der Waals surface area (Å²) in [5.41, 5.74) is 6.22. The third-order valence-corrected chi connectivity index (χ3v) is 5.20. The zero-order valence-electron chi connectivity index (χ0n) is 9.27. The van der Waals surface area contributed by atoms with Crippen molar-refractivity contribution < 1.29 is 10.0 Å². The SMILES string of the molecule is N/C(=N/O)C1CCCN1C(=O)c1cc(Br)sc1Br. The number of nitrogens with zero attached hydrogens (tertiary/aromatic N) is 2. The Hall–Kier alpha value is -0.600. The van der Waals surface area contributed by atoms with Crippen LogP contribution in [-0.2, 0) is 0 Å². The number of hydrogen-bond acceptors (Lipinski definition) is 4. The number of carbonyl (C=O) groups excluding carboxylic acids is 1. The van der Waals surface area contributed by atoms with Crippen molar-refractivity contribution in [3.63, 3.8) is 0 Å². The summed E-state index contributed by atoms with van der Waals surface area (Å²) in [4.78, 5) is 14.0. The molecule has 1 aliphatic rings. The molecule has 1 aromatic rings. The molecule has 1 amide bonds. The molecule has 3 N–H and O–H groups in total. The molecule has 0 aliphatic carbocycles. The quantitative estimate of drug-likeness (QED) is 0.349. The van der Waals surface area contributed by atoms with Gasteiger partial charge in [0.1, 0.15) is 0 Å². The molecule has 1 aromatic heterocycles. The minimum absolute atomic E-state index is 0.0891. The molecule has 0 aromatic carbocycles. The lowest BCUT2D eigenvalue weighted by Crippen LogP contribution is -2.43. The number of halogens is 2. The van der Waals surface area contributed by atoms with Crippen molar-refractivity contribution in [2.45, 2.75) is 18.9 Å². The molecule has 2 heterocycles. The Morgan fingerprint density at radius 3 is 2.89 bits per heavy atom. The molecule has 0 radical (unpaired) electrons. The first-order valence-electron chi connectivity index (χ1n) is 5.27. The van der Waals surface area contributed by atoms with Gasteiger partial charge in [0.15, 0.2) is 5.84 Å². The van der Waals surface area contributed by atoms with E-state index in [1.54, 1.807) is 11.0 Å². The maximum Gasteiger partial charge on any atom is 0.256 e. The van der Waals surface area contributed by atoms with Gasteiger partial charge in [-0.1, -0.05) is 5.16 Å². The molecule has 0 bridgehead atoms. The molecule has 1 unspecified atom stereocenters. The zero-order valence-corrected chi connectivity index (χ0v) is 13.3. The third-order valence-electron chi connectivity index (χ3n) is 2.86. The number of carbonyl (C=O) groups is 1. The van der Waals surface area contributed by atoms with Crippen molar-refractivity contribution in [3.05, 3.63) is 19.2 Å². The average Bonchev–Trinajstić information content (AvgIpc) is 2.94. The lowest BCUT2D eigenvalue weighted by atomic mass is 10.2. The highest BCUT2D eigenvalue weighted by Crippen LogP contribution is 2.33. The molecule has 8 heteroatoms. The van der Waals surface area contributed by atoms with E-state index in [9.17, 15) is 4.79 Å². The smallest absolute Gasteiger partial charge is 0.256 e. The van der Waals surface area contributed by atoms with Crippen LogP contribution in [0.4, 0.5) is 0 Å². The van der Waals surface area contributed by atoms with E-state index in [-0.39, 0.29) is 17.8 Å². The number of thiophene rings is 1. The molecule has 1 atom stereocenters. The summed E-state index contributed by atoms with van der Waals surface area (Å²) < 4.78 is 1.67. The first kappa shape index (κ1) is 13.8. The maximum atomic E-state index is 12.4. The topological polar surface area (TPSA) is 78.9 Å². The normalized spacial score (nSPS) is 20.4. The van der Waals surface area contributed by atoms with Crippen LogP contribution in [0.15, 0.2) is 18.8 Å². The van der Waals surface area contributed by atoms with Crippen molar-refractivity contribution in [2.24, 2.45) is 10.9 Å². The molecule has 98 valence electrons. The Morgan fingerprint density at radius 1 is 1.61 bits per heavy atom. The van der Waals surface area contributed by atoms with E-state index in [1.807, 2.05) is 0 Å². The van der Waals surface area contributed by atoms with Gasteiger partial charge in [0, 0.05) is 6.54 Å². The molecule has 0 spiro atoms. The van der Waals surface area contributed by atoms with E-state index in [4.69, 9.17) is 10.9 Å². The number of amidine groups is 1. The number of hydrogen-bond donors (Lipinski definition) is 2. The fourth-order valence-corrected chi connectivity index (χ4v) is 4.80. The number of oxime groups is 1. The van der Waals surface area contributed by atoms with E-state index in [0.29, 0.717) is 12.1 Å². The van der Waals surface area contributed by atoms with Crippen molar-refractivity contribution in [3.8, 4) is 0 Å². The van der Waals surface area contributed by atoms with Crippen LogP contribution in [0.2, 0.25) is 0 Å². The van der Waals surface area contributed by atoms with E-state index < -0.39 is 0 Å². The molecule has 1 aliphatic heterocycles. The van der Waals surface area contributed by atoms with Crippen molar-refractivity contribution in [1.29, 1.82) is 0 Å². The predicted octanol–water partition coefficient (Wildman–Crippen LogP) is 2.62. The van der Waals surface area contributed by atoms with Crippen LogP contribution < -0.4 is 5.73 Å². The summed E-state index contributed by atoms with van der Waals surface area (Å²) in [5, 5.41) is 11.7. The second kappa shape index (κ2) is 5.58. The number of nitrogens with two attached hydrogens (primary N) is 1. The Morgan fingerprint density at radius 2 is 2.33 bits per heavy atom. The van der Waals surface area contributed by atoms with Gasteiger partial charge < -0.3 is 15.8 Å². The van der Waals surface area contributed by atoms with Crippen molar-refractivity contribution >= 4 is 54.9 Å². The average molecular weight is 397 g/mol. The van der Waals surface area contributed by atoms with E-state index >= 15 is 0 Å². The van der Waals surface area contributed by atoms with Gasteiger partial charge in [-0.2, -0.15) is 0 Å². The molecule has 2 rings (SSSR count).